The highest BCUT2D eigenvalue weighted by Crippen LogP contribution is 2.33. The number of methoxy groups -OCH3 is 1. The standard InChI is InChI=1S/C15H22N2O2.ClH/c1-19-14-6-3-2-5-13(14)12-8-10-17(11-12)15(18)7-4-9-16;/h2-3,5-6,12H,4,7-11,16H2,1H3;1H. The Morgan fingerprint density at radius 3 is 2.90 bits per heavy atom. The normalized spacial score (nSPS) is 17.7. The number of hydrogen-bond donors (Lipinski definition) is 1. The van der Waals surface area contributed by atoms with Crippen LogP contribution in [0.4, 0.5) is 0 Å². The molecule has 0 aliphatic carbocycles. The van der Waals surface area contributed by atoms with Crippen molar-refractivity contribution >= 4 is 18.3 Å². The molecule has 1 saturated heterocycles. The van der Waals surface area contributed by atoms with Crippen molar-refractivity contribution < 1.29 is 9.53 Å². The molecular formula is C15H23ClN2O2. The van der Waals surface area contributed by atoms with Crippen LogP contribution in [-0.2, 0) is 4.79 Å². The lowest BCUT2D eigenvalue weighted by molar-refractivity contribution is -0.130. The van der Waals surface area contributed by atoms with Crippen molar-refractivity contribution in [3.8, 4) is 5.75 Å². The van der Waals surface area contributed by atoms with Crippen molar-refractivity contribution in [2.75, 3.05) is 26.7 Å². The SMILES string of the molecule is COc1ccccc1C1CCN(C(=O)CCCN)C1.Cl. The van der Waals surface area contributed by atoms with E-state index in [2.05, 4.69) is 6.07 Å². The summed E-state index contributed by atoms with van der Waals surface area (Å²) >= 11 is 0. The molecule has 1 aliphatic heterocycles. The van der Waals surface area contributed by atoms with Crippen LogP contribution in [0.15, 0.2) is 24.3 Å². The minimum Gasteiger partial charge on any atom is -0.496 e. The number of halogens is 1. The molecule has 1 aromatic rings. The smallest absolute Gasteiger partial charge is 0.222 e. The van der Waals surface area contributed by atoms with Gasteiger partial charge in [0.1, 0.15) is 5.75 Å². The summed E-state index contributed by atoms with van der Waals surface area (Å²) in [6.45, 7) is 2.21. The van der Waals surface area contributed by atoms with Crippen LogP contribution in [0.25, 0.3) is 0 Å². The van der Waals surface area contributed by atoms with Gasteiger partial charge in [-0.2, -0.15) is 0 Å². The van der Waals surface area contributed by atoms with Gasteiger partial charge >= 0.3 is 0 Å². The minimum absolute atomic E-state index is 0. The van der Waals surface area contributed by atoms with E-state index in [0.717, 1.165) is 31.7 Å². The van der Waals surface area contributed by atoms with Crippen molar-refractivity contribution in [3.63, 3.8) is 0 Å². The number of ether oxygens (including phenoxy) is 1. The van der Waals surface area contributed by atoms with E-state index in [1.165, 1.54) is 5.56 Å². The van der Waals surface area contributed by atoms with Crippen LogP contribution in [0.3, 0.4) is 0 Å². The molecule has 1 heterocycles. The predicted octanol–water partition coefficient (Wildman–Crippen LogP) is 2.17. The van der Waals surface area contributed by atoms with Gasteiger partial charge in [0.25, 0.3) is 0 Å². The average Bonchev–Trinajstić information content (AvgIpc) is 2.94. The molecule has 4 nitrogen and oxygen atoms in total. The molecule has 0 spiro atoms. The fraction of sp³-hybridized carbons (Fsp3) is 0.533. The van der Waals surface area contributed by atoms with Crippen molar-refractivity contribution in [1.82, 2.24) is 4.90 Å². The summed E-state index contributed by atoms with van der Waals surface area (Å²) in [6, 6.07) is 8.07. The van der Waals surface area contributed by atoms with Crippen molar-refractivity contribution in [3.05, 3.63) is 29.8 Å². The zero-order chi connectivity index (χ0) is 13.7. The van der Waals surface area contributed by atoms with Crippen LogP contribution in [-0.4, -0.2) is 37.6 Å². The lowest BCUT2D eigenvalue weighted by Gasteiger charge is -2.17. The van der Waals surface area contributed by atoms with Gasteiger partial charge in [0.05, 0.1) is 7.11 Å². The Morgan fingerprint density at radius 2 is 2.20 bits per heavy atom. The molecule has 1 unspecified atom stereocenters. The molecule has 112 valence electrons. The number of rotatable bonds is 5. The number of carbonyl (C=O) groups is 1. The van der Waals surface area contributed by atoms with Crippen LogP contribution in [0, 0.1) is 0 Å². The lowest BCUT2D eigenvalue weighted by atomic mass is 9.97. The fourth-order valence-corrected chi connectivity index (χ4v) is 2.66. The lowest BCUT2D eigenvalue weighted by Crippen LogP contribution is -2.28. The molecule has 2 rings (SSSR count). The van der Waals surface area contributed by atoms with E-state index in [1.54, 1.807) is 7.11 Å². The molecule has 2 N–H and O–H groups in total. The van der Waals surface area contributed by atoms with E-state index in [4.69, 9.17) is 10.5 Å². The Kier molecular flexibility index (Phi) is 6.82. The number of hydrogen-bond acceptors (Lipinski definition) is 3. The summed E-state index contributed by atoms with van der Waals surface area (Å²) in [5, 5.41) is 0. The first-order valence-electron chi connectivity index (χ1n) is 6.87. The minimum atomic E-state index is 0. The highest BCUT2D eigenvalue weighted by Gasteiger charge is 2.28. The third-order valence-electron chi connectivity index (χ3n) is 3.71. The maximum Gasteiger partial charge on any atom is 0.222 e. The average molecular weight is 299 g/mol. The zero-order valence-electron chi connectivity index (χ0n) is 11.9. The first-order valence-corrected chi connectivity index (χ1v) is 6.87. The molecule has 1 fully saturated rings. The van der Waals surface area contributed by atoms with E-state index >= 15 is 0 Å². The van der Waals surface area contributed by atoms with Gasteiger partial charge in [0.15, 0.2) is 0 Å². The molecular weight excluding hydrogens is 276 g/mol. The molecule has 0 aromatic heterocycles. The monoisotopic (exact) mass is 298 g/mol. The number of likely N-dealkylation sites (tertiary alicyclic amines) is 1. The number of carbonyl (C=O) groups excluding carboxylic acids is 1. The summed E-state index contributed by atoms with van der Waals surface area (Å²) in [5.74, 6) is 1.53. The molecule has 1 aliphatic rings. The summed E-state index contributed by atoms with van der Waals surface area (Å²) in [4.78, 5) is 13.9. The van der Waals surface area contributed by atoms with Crippen LogP contribution < -0.4 is 10.5 Å². The molecule has 5 heteroatoms. The Labute approximate surface area is 126 Å². The molecule has 1 aromatic carbocycles. The van der Waals surface area contributed by atoms with Crippen LogP contribution in [0.1, 0.15) is 30.7 Å². The highest BCUT2D eigenvalue weighted by atomic mass is 35.5. The maximum absolute atomic E-state index is 12.0. The first-order chi connectivity index (χ1) is 9.26. The van der Waals surface area contributed by atoms with Gasteiger partial charge in [-0.1, -0.05) is 18.2 Å². The van der Waals surface area contributed by atoms with Gasteiger partial charge < -0.3 is 15.4 Å². The second kappa shape index (κ2) is 8.12. The molecule has 0 radical (unpaired) electrons. The van der Waals surface area contributed by atoms with Crippen LogP contribution in [0.5, 0.6) is 5.75 Å². The maximum atomic E-state index is 12.0. The molecule has 0 saturated carbocycles. The van der Waals surface area contributed by atoms with Crippen molar-refractivity contribution in [2.45, 2.75) is 25.2 Å². The van der Waals surface area contributed by atoms with Gasteiger partial charge in [-0.3, -0.25) is 4.79 Å². The van der Waals surface area contributed by atoms with Crippen molar-refractivity contribution in [1.29, 1.82) is 0 Å². The molecule has 1 amide bonds. The van der Waals surface area contributed by atoms with Crippen molar-refractivity contribution in [2.24, 2.45) is 5.73 Å². The van der Waals surface area contributed by atoms with Gasteiger partial charge in [-0.15, -0.1) is 12.4 Å². The Bertz CT molecular complexity index is 440. The largest absolute Gasteiger partial charge is 0.496 e. The molecule has 0 bridgehead atoms. The topological polar surface area (TPSA) is 55.6 Å². The highest BCUT2D eigenvalue weighted by molar-refractivity contribution is 5.85. The summed E-state index contributed by atoms with van der Waals surface area (Å²) < 4.78 is 5.40. The third kappa shape index (κ3) is 3.87. The fourth-order valence-electron chi connectivity index (χ4n) is 2.66. The predicted molar refractivity (Wildman–Crippen MR) is 82.5 cm³/mol. The number of benzene rings is 1. The van der Waals surface area contributed by atoms with Gasteiger partial charge in [0, 0.05) is 25.4 Å². The number of amides is 1. The van der Waals surface area contributed by atoms with E-state index < -0.39 is 0 Å². The number of para-hydroxylation sites is 1. The van der Waals surface area contributed by atoms with Gasteiger partial charge in [0.2, 0.25) is 5.91 Å². The second-order valence-corrected chi connectivity index (χ2v) is 4.96. The number of nitrogens with zero attached hydrogens (tertiary/aromatic N) is 1. The summed E-state index contributed by atoms with van der Waals surface area (Å²) in [5.41, 5.74) is 6.65. The zero-order valence-corrected chi connectivity index (χ0v) is 12.7. The van der Waals surface area contributed by atoms with Gasteiger partial charge in [-0.25, -0.2) is 0 Å². The molecule has 1 atom stereocenters. The Balaban J connectivity index is 0.00000200. The molecule has 20 heavy (non-hydrogen) atoms. The van der Waals surface area contributed by atoms with E-state index in [-0.39, 0.29) is 18.3 Å². The van der Waals surface area contributed by atoms with E-state index in [9.17, 15) is 4.79 Å². The summed E-state index contributed by atoms with van der Waals surface area (Å²) in [6.07, 6.45) is 2.35. The second-order valence-electron chi connectivity index (χ2n) is 4.96. The van der Waals surface area contributed by atoms with Crippen LogP contribution >= 0.6 is 12.4 Å². The third-order valence-corrected chi connectivity index (χ3v) is 3.71. The Morgan fingerprint density at radius 1 is 1.45 bits per heavy atom. The number of nitrogens with two attached hydrogens (primary N) is 1. The van der Waals surface area contributed by atoms with E-state index in [1.807, 2.05) is 23.1 Å². The summed E-state index contributed by atoms with van der Waals surface area (Å²) in [7, 11) is 1.69. The Hall–Kier alpha value is -1.26. The quantitative estimate of drug-likeness (QED) is 0.906. The van der Waals surface area contributed by atoms with Gasteiger partial charge in [-0.05, 0) is 31.0 Å². The van der Waals surface area contributed by atoms with Crippen LogP contribution in [0.2, 0.25) is 0 Å². The first kappa shape index (κ1) is 16.8. The van der Waals surface area contributed by atoms with E-state index in [0.29, 0.717) is 18.9 Å².